The maximum Gasteiger partial charge on any atom is 0.312 e. The zero-order valence-electron chi connectivity index (χ0n) is 16.1. The van der Waals surface area contributed by atoms with E-state index in [0.717, 1.165) is 18.2 Å². The Kier molecular flexibility index (Phi) is 8.65. The van der Waals surface area contributed by atoms with Gasteiger partial charge in [0.15, 0.2) is 17.3 Å². The average Bonchev–Trinajstić information content (AvgIpc) is 2.75. The standard InChI is InChI=1S/C19H16FN2O7PS/c1-28-16-5-2-11(8-13(16)20)15(23)4-7-18(24)29-17-6-3-12(9-14(17)22(26)27)19(25)21-10-30-31/h2-3,5-6,8-9H,4,7,10H2,1H3,(H,21,25). The molecule has 0 atom stereocenters. The van der Waals surface area contributed by atoms with Gasteiger partial charge in [0.05, 0.1) is 24.7 Å². The quantitative estimate of drug-likeness (QED) is 0.141. The number of carbonyl (C=O) groups is 3. The second-order valence-corrected chi connectivity index (χ2v) is 7.33. The fraction of sp³-hybridized carbons (Fsp3) is 0.211. The normalized spacial score (nSPS) is 10.4. The van der Waals surface area contributed by atoms with Gasteiger partial charge in [-0.2, -0.15) is 0 Å². The molecular formula is C19H16FN2O7PS. The summed E-state index contributed by atoms with van der Waals surface area (Å²) in [6.07, 6.45) is -0.478. The number of Topliss-reactive ketones (excluding diaryl/α,β-unsaturated/α-hetero) is 1. The van der Waals surface area contributed by atoms with Crippen LogP contribution in [0, 0.1) is 15.9 Å². The number of ether oxygens (including phenoxy) is 2. The van der Waals surface area contributed by atoms with Gasteiger partial charge >= 0.3 is 11.7 Å². The maximum atomic E-state index is 13.7. The lowest BCUT2D eigenvalue weighted by Gasteiger charge is -2.07. The van der Waals surface area contributed by atoms with Crippen LogP contribution >= 0.6 is 7.36 Å². The number of nitrogens with zero attached hydrogens (tertiary/aromatic N) is 1. The number of rotatable bonds is 10. The number of benzene rings is 2. The average molecular weight is 466 g/mol. The molecule has 0 radical (unpaired) electrons. The lowest BCUT2D eigenvalue weighted by molar-refractivity contribution is -0.385. The summed E-state index contributed by atoms with van der Waals surface area (Å²) in [4.78, 5) is 46.6. The molecule has 1 amide bonds. The van der Waals surface area contributed by atoms with Gasteiger partial charge in [0.25, 0.3) is 5.91 Å². The third kappa shape index (κ3) is 6.59. The molecule has 2 aromatic rings. The number of amides is 1. The lowest BCUT2D eigenvalue weighted by Crippen LogP contribution is -2.21. The SMILES string of the molecule is COc1ccc(C(=O)CCC(=O)Oc2ccc(C(=O)NCP=S)cc2[N+](=O)[O-])cc1F. The molecule has 0 heterocycles. The van der Waals surface area contributed by atoms with E-state index in [9.17, 15) is 28.9 Å². The molecule has 0 bridgehead atoms. The molecule has 0 aliphatic carbocycles. The molecule has 12 heteroatoms. The lowest BCUT2D eigenvalue weighted by atomic mass is 10.1. The van der Waals surface area contributed by atoms with Gasteiger partial charge < -0.3 is 14.8 Å². The van der Waals surface area contributed by atoms with E-state index < -0.39 is 34.1 Å². The van der Waals surface area contributed by atoms with E-state index in [1.54, 1.807) is 0 Å². The Labute approximate surface area is 182 Å². The summed E-state index contributed by atoms with van der Waals surface area (Å²) in [7, 11) is 1.79. The van der Waals surface area contributed by atoms with Crippen molar-refractivity contribution in [2.45, 2.75) is 12.8 Å². The van der Waals surface area contributed by atoms with Gasteiger partial charge in [-0.15, -0.1) is 0 Å². The molecule has 0 aliphatic rings. The molecule has 1 N–H and O–H groups in total. The highest BCUT2D eigenvalue weighted by Crippen LogP contribution is 2.28. The van der Waals surface area contributed by atoms with Crippen LogP contribution in [0.2, 0.25) is 0 Å². The zero-order chi connectivity index (χ0) is 23.0. The molecule has 0 aliphatic heterocycles. The van der Waals surface area contributed by atoms with Crippen LogP contribution in [0.3, 0.4) is 0 Å². The number of esters is 1. The summed E-state index contributed by atoms with van der Waals surface area (Å²) in [5.74, 6) is -3.08. The summed E-state index contributed by atoms with van der Waals surface area (Å²) in [5.41, 5.74) is -0.534. The molecule has 2 aromatic carbocycles. The largest absolute Gasteiger partial charge is 0.494 e. The molecule has 0 aromatic heterocycles. The first-order valence-corrected chi connectivity index (χ1v) is 10.8. The van der Waals surface area contributed by atoms with Crippen LogP contribution < -0.4 is 14.8 Å². The van der Waals surface area contributed by atoms with E-state index in [1.165, 1.54) is 25.3 Å². The Bertz CT molecular complexity index is 1050. The van der Waals surface area contributed by atoms with Crippen molar-refractivity contribution < 1.29 is 33.2 Å². The maximum absolute atomic E-state index is 13.7. The van der Waals surface area contributed by atoms with E-state index in [1.807, 2.05) is 0 Å². The zero-order valence-corrected chi connectivity index (χ0v) is 17.8. The molecular weight excluding hydrogens is 450 g/mol. The van der Waals surface area contributed by atoms with E-state index in [4.69, 9.17) is 21.3 Å². The molecule has 0 fully saturated rings. The summed E-state index contributed by atoms with van der Waals surface area (Å²) in [5, 5.41) is 13.8. The molecule has 2 rings (SSSR count). The van der Waals surface area contributed by atoms with Crippen molar-refractivity contribution in [3.8, 4) is 11.5 Å². The van der Waals surface area contributed by atoms with Crippen LogP contribution in [0.25, 0.3) is 0 Å². The number of nitro groups is 1. The number of carbonyl (C=O) groups excluding carboxylic acids is 3. The van der Waals surface area contributed by atoms with Gasteiger partial charge in [-0.05, 0) is 37.7 Å². The van der Waals surface area contributed by atoms with Crippen molar-refractivity contribution in [2.75, 3.05) is 13.4 Å². The minimum absolute atomic E-state index is 0.00172. The Hall–Kier alpha value is -3.30. The predicted octanol–water partition coefficient (Wildman–Crippen LogP) is 3.41. The van der Waals surface area contributed by atoms with Crippen molar-refractivity contribution in [3.05, 3.63) is 63.5 Å². The highest BCUT2D eigenvalue weighted by molar-refractivity contribution is 7.96. The first kappa shape index (κ1) is 24.0. The fourth-order valence-electron chi connectivity index (χ4n) is 2.47. The molecule has 0 unspecified atom stereocenters. The Morgan fingerprint density at radius 2 is 1.81 bits per heavy atom. The number of hydrogen-bond donors (Lipinski definition) is 1. The predicted molar refractivity (Wildman–Crippen MR) is 112 cm³/mol. The molecule has 162 valence electrons. The summed E-state index contributed by atoms with van der Waals surface area (Å²) in [6, 6.07) is 7.00. The van der Waals surface area contributed by atoms with Crippen LogP contribution in [0.15, 0.2) is 36.4 Å². The summed E-state index contributed by atoms with van der Waals surface area (Å²) >= 11 is 4.69. The first-order chi connectivity index (χ1) is 14.8. The van der Waals surface area contributed by atoms with Gasteiger partial charge in [0.1, 0.15) is 0 Å². The fourth-order valence-corrected chi connectivity index (χ4v) is 2.87. The van der Waals surface area contributed by atoms with E-state index >= 15 is 0 Å². The van der Waals surface area contributed by atoms with Crippen molar-refractivity contribution in [1.29, 1.82) is 0 Å². The van der Waals surface area contributed by atoms with Crippen molar-refractivity contribution >= 4 is 42.5 Å². The first-order valence-electron chi connectivity index (χ1n) is 8.70. The van der Waals surface area contributed by atoms with Crippen molar-refractivity contribution in [3.63, 3.8) is 0 Å². The number of nitrogens with one attached hydrogen (secondary N) is 1. The van der Waals surface area contributed by atoms with Crippen molar-refractivity contribution in [2.24, 2.45) is 0 Å². The van der Waals surface area contributed by atoms with Crippen LogP contribution in [-0.2, 0) is 16.6 Å². The van der Waals surface area contributed by atoms with Gasteiger partial charge in [0, 0.05) is 23.6 Å². The summed E-state index contributed by atoms with van der Waals surface area (Å²) in [6.45, 7) is 0. The van der Waals surface area contributed by atoms with Crippen LogP contribution in [0.5, 0.6) is 11.5 Å². The molecule has 9 nitrogen and oxygen atoms in total. The highest BCUT2D eigenvalue weighted by atomic mass is 32.4. The number of methoxy groups -OCH3 is 1. The Morgan fingerprint density at radius 3 is 2.42 bits per heavy atom. The van der Waals surface area contributed by atoms with Gasteiger partial charge in [0.2, 0.25) is 5.75 Å². The van der Waals surface area contributed by atoms with Crippen LogP contribution in [0.4, 0.5) is 10.1 Å². The number of nitro benzene ring substituents is 1. The minimum atomic E-state index is -0.896. The number of hydrogen-bond acceptors (Lipinski definition) is 8. The number of ketones is 1. The topological polar surface area (TPSA) is 125 Å². The highest BCUT2D eigenvalue weighted by Gasteiger charge is 2.21. The Morgan fingerprint density at radius 1 is 1.13 bits per heavy atom. The van der Waals surface area contributed by atoms with Crippen LogP contribution in [-0.4, -0.2) is 36.0 Å². The van der Waals surface area contributed by atoms with Crippen LogP contribution in [0.1, 0.15) is 33.6 Å². The van der Waals surface area contributed by atoms with Gasteiger partial charge in [-0.25, -0.2) is 4.39 Å². The smallest absolute Gasteiger partial charge is 0.312 e. The van der Waals surface area contributed by atoms with Gasteiger partial charge in [-0.3, -0.25) is 24.5 Å². The van der Waals surface area contributed by atoms with Gasteiger partial charge in [-0.1, -0.05) is 11.8 Å². The minimum Gasteiger partial charge on any atom is -0.494 e. The van der Waals surface area contributed by atoms with E-state index in [0.29, 0.717) is 7.36 Å². The molecule has 0 spiro atoms. The monoisotopic (exact) mass is 466 g/mol. The molecule has 31 heavy (non-hydrogen) atoms. The third-order valence-electron chi connectivity index (χ3n) is 3.98. The van der Waals surface area contributed by atoms with E-state index in [2.05, 4.69) is 5.32 Å². The molecule has 0 saturated heterocycles. The third-order valence-corrected chi connectivity index (χ3v) is 4.65. The summed E-state index contributed by atoms with van der Waals surface area (Å²) < 4.78 is 23.5. The molecule has 0 saturated carbocycles. The van der Waals surface area contributed by atoms with E-state index in [-0.39, 0.29) is 41.8 Å². The second kappa shape index (κ2) is 11.2. The Balaban J connectivity index is 2.04. The second-order valence-electron chi connectivity index (χ2n) is 5.98. The van der Waals surface area contributed by atoms with Crippen molar-refractivity contribution in [1.82, 2.24) is 5.32 Å². The number of halogens is 1.